The van der Waals surface area contributed by atoms with E-state index in [4.69, 9.17) is 23.2 Å². The topological polar surface area (TPSA) is 24.9 Å². The van der Waals surface area contributed by atoms with Gasteiger partial charge in [-0.1, -0.05) is 47.5 Å². The SMILES string of the molecule is C[C@@H](NCc1ccc(Cl)c(-c2cccc(F)c2)n1)c1cccc(Cl)c1. The minimum absolute atomic E-state index is 0.119. The molecule has 2 nitrogen and oxygen atoms in total. The van der Waals surface area contributed by atoms with Crippen LogP contribution < -0.4 is 5.32 Å². The largest absolute Gasteiger partial charge is 0.305 e. The van der Waals surface area contributed by atoms with Crippen molar-refractivity contribution in [1.82, 2.24) is 10.3 Å². The fourth-order valence-corrected chi connectivity index (χ4v) is 2.98. The Bertz CT molecular complexity index is 883. The lowest BCUT2D eigenvalue weighted by Gasteiger charge is -2.15. The number of aromatic nitrogens is 1. The maximum atomic E-state index is 13.5. The smallest absolute Gasteiger partial charge is 0.123 e. The van der Waals surface area contributed by atoms with Crippen LogP contribution in [0.25, 0.3) is 11.3 Å². The molecule has 5 heteroatoms. The monoisotopic (exact) mass is 374 g/mol. The zero-order valence-electron chi connectivity index (χ0n) is 13.6. The van der Waals surface area contributed by atoms with E-state index in [-0.39, 0.29) is 11.9 Å². The molecule has 1 atom stereocenters. The standard InChI is InChI=1S/C20H17Cl2FN2/c1-13(14-4-2-6-16(21)10-14)24-12-18-8-9-19(22)20(25-18)15-5-3-7-17(23)11-15/h2-11,13,24H,12H2,1H3/t13-/m1/s1. The first-order valence-electron chi connectivity index (χ1n) is 7.93. The molecular formula is C20H17Cl2FN2. The Morgan fingerprint density at radius 3 is 2.60 bits per heavy atom. The zero-order valence-corrected chi connectivity index (χ0v) is 15.2. The van der Waals surface area contributed by atoms with E-state index in [1.807, 2.05) is 30.3 Å². The predicted molar refractivity (Wildman–Crippen MR) is 101 cm³/mol. The van der Waals surface area contributed by atoms with Crippen LogP contribution in [0, 0.1) is 5.82 Å². The van der Waals surface area contributed by atoms with Gasteiger partial charge < -0.3 is 5.32 Å². The molecule has 3 aromatic rings. The van der Waals surface area contributed by atoms with Crippen molar-refractivity contribution in [3.05, 3.63) is 87.8 Å². The Morgan fingerprint density at radius 2 is 1.84 bits per heavy atom. The lowest BCUT2D eigenvalue weighted by Crippen LogP contribution is -2.18. The maximum Gasteiger partial charge on any atom is 0.123 e. The number of hydrogen-bond donors (Lipinski definition) is 1. The molecule has 0 fully saturated rings. The molecule has 0 amide bonds. The normalized spacial score (nSPS) is 12.2. The van der Waals surface area contributed by atoms with Gasteiger partial charge in [-0.15, -0.1) is 0 Å². The summed E-state index contributed by atoms with van der Waals surface area (Å²) in [7, 11) is 0. The van der Waals surface area contributed by atoms with E-state index in [2.05, 4.69) is 17.2 Å². The van der Waals surface area contributed by atoms with Gasteiger partial charge in [0.05, 0.1) is 16.4 Å². The van der Waals surface area contributed by atoms with Gasteiger partial charge in [-0.2, -0.15) is 0 Å². The second-order valence-corrected chi connectivity index (χ2v) is 6.64. The Balaban J connectivity index is 1.76. The van der Waals surface area contributed by atoms with Gasteiger partial charge >= 0.3 is 0 Å². The highest BCUT2D eigenvalue weighted by molar-refractivity contribution is 6.33. The third-order valence-corrected chi connectivity index (χ3v) is 4.48. The summed E-state index contributed by atoms with van der Waals surface area (Å²) in [6.07, 6.45) is 0. The lowest BCUT2D eigenvalue weighted by atomic mass is 10.1. The van der Waals surface area contributed by atoms with Crippen LogP contribution >= 0.6 is 23.2 Å². The first kappa shape index (κ1) is 17.9. The molecule has 3 rings (SSSR count). The highest BCUT2D eigenvalue weighted by Gasteiger charge is 2.10. The van der Waals surface area contributed by atoms with E-state index < -0.39 is 0 Å². The summed E-state index contributed by atoms with van der Waals surface area (Å²) in [5, 5.41) is 4.62. The first-order chi connectivity index (χ1) is 12.0. The number of hydrogen-bond acceptors (Lipinski definition) is 2. The Labute approximate surface area is 156 Å². The van der Waals surface area contributed by atoms with Crippen LogP contribution in [0.5, 0.6) is 0 Å². The van der Waals surface area contributed by atoms with Gasteiger partial charge in [0, 0.05) is 23.2 Å². The summed E-state index contributed by atoms with van der Waals surface area (Å²) < 4.78 is 13.5. The third-order valence-electron chi connectivity index (χ3n) is 3.94. The molecule has 0 spiro atoms. The van der Waals surface area contributed by atoms with Crippen LogP contribution in [0.1, 0.15) is 24.2 Å². The van der Waals surface area contributed by atoms with Crippen LogP contribution in [-0.2, 0) is 6.54 Å². The maximum absolute atomic E-state index is 13.5. The molecule has 1 N–H and O–H groups in total. The summed E-state index contributed by atoms with van der Waals surface area (Å²) in [4.78, 5) is 4.58. The Kier molecular flexibility index (Phi) is 5.69. The number of pyridine rings is 1. The molecule has 0 bridgehead atoms. The molecular weight excluding hydrogens is 358 g/mol. The molecule has 0 saturated carbocycles. The quantitative estimate of drug-likeness (QED) is 0.588. The summed E-state index contributed by atoms with van der Waals surface area (Å²) >= 11 is 12.3. The van der Waals surface area contributed by atoms with Gasteiger partial charge in [-0.25, -0.2) is 9.37 Å². The van der Waals surface area contributed by atoms with Crippen LogP contribution in [0.15, 0.2) is 60.7 Å². The van der Waals surface area contributed by atoms with Gasteiger partial charge in [-0.05, 0) is 48.9 Å². The number of rotatable bonds is 5. The van der Waals surface area contributed by atoms with Gasteiger partial charge in [0.1, 0.15) is 5.82 Å². The van der Waals surface area contributed by atoms with Crippen LogP contribution in [0.4, 0.5) is 4.39 Å². The molecule has 2 aromatic carbocycles. The Morgan fingerprint density at radius 1 is 1.04 bits per heavy atom. The fraction of sp³-hybridized carbons (Fsp3) is 0.150. The minimum Gasteiger partial charge on any atom is -0.305 e. The number of halogens is 3. The van der Waals surface area contributed by atoms with E-state index in [1.54, 1.807) is 18.2 Å². The average Bonchev–Trinajstić information content (AvgIpc) is 2.60. The number of benzene rings is 2. The number of nitrogens with one attached hydrogen (secondary N) is 1. The molecule has 0 aliphatic rings. The molecule has 0 aliphatic carbocycles. The molecule has 0 radical (unpaired) electrons. The highest BCUT2D eigenvalue weighted by Crippen LogP contribution is 2.27. The van der Waals surface area contributed by atoms with Crippen molar-refractivity contribution in [3.63, 3.8) is 0 Å². The van der Waals surface area contributed by atoms with Crippen molar-refractivity contribution >= 4 is 23.2 Å². The highest BCUT2D eigenvalue weighted by atomic mass is 35.5. The van der Waals surface area contributed by atoms with Crippen molar-refractivity contribution in [3.8, 4) is 11.3 Å². The Hall–Kier alpha value is -1.94. The van der Waals surface area contributed by atoms with E-state index in [1.165, 1.54) is 12.1 Å². The first-order valence-corrected chi connectivity index (χ1v) is 8.69. The molecule has 0 unspecified atom stereocenters. The van der Waals surface area contributed by atoms with E-state index in [0.29, 0.717) is 27.8 Å². The molecule has 0 saturated heterocycles. The van der Waals surface area contributed by atoms with Crippen molar-refractivity contribution in [2.24, 2.45) is 0 Å². The third kappa shape index (κ3) is 4.57. The van der Waals surface area contributed by atoms with E-state index in [0.717, 1.165) is 11.3 Å². The molecule has 1 heterocycles. The average molecular weight is 375 g/mol. The summed E-state index contributed by atoms with van der Waals surface area (Å²) in [6.45, 7) is 2.63. The van der Waals surface area contributed by atoms with Crippen molar-refractivity contribution in [2.45, 2.75) is 19.5 Å². The predicted octanol–water partition coefficient (Wildman–Crippen LogP) is 6.05. The van der Waals surface area contributed by atoms with Crippen LogP contribution in [0.3, 0.4) is 0 Å². The van der Waals surface area contributed by atoms with Gasteiger partial charge in [-0.3, -0.25) is 0 Å². The lowest BCUT2D eigenvalue weighted by molar-refractivity contribution is 0.568. The zero-order chi connectivity index (χ0) is 17.8. The fourth-order valence-electron chi connectivity index (χ4n) is 2.57. The van der Waals surface area contributed by atoms with Crippen molar-refractivity contribution in [1.29, 1.82) is 0 Å². The summed E-state index contributed by atoms with van der Waals surface area (Å²) in [5.74, 6) is -0.312. The van der Waals surface area contributed by atoms with Crippen molar-refractivity contribution in [2.75, 3.05) is 0 Å². The summed E-state index contributed by atoms with van der Waals surface area (Å²) in [5.41, 5.74) is 3.18. The van der Waals surface area contributed by atoms with Gasteiger partial charge in [0.25, 0.3) is 0 Å². The second-order valence-electron chi connectivity index (χ2n) is 5.80. The molecule has 25 heavy (non-hydrogen) atoms. The van der Waals surface area contributed by atoms with E-state index >= 15 is 0 Å². The second kappa shape index (κ2) is 7.96. The molecule has 128 valence electrons. The molecule has 1 aromatic heterocycles. The van der Waals surface area contributed by atoms with Gasteiger partial charge in [0.15, 0.2) is 0 Å². The van der Waals surface area contributed by atoms with Crippen molar-refractivity contribution < 1.29 is 4.39 Å². The van der Waals surface area contributed by atoms with Crippen LogP contribution in [0.2, 0.25) is 10.0 Å². The van der Waals surface area contributed by atoms with E-state index in [9.17, 15) is 4.39 Å². The van der Waals surface area contributed by atoms with Gasteiger partial charge in [0.2, 0.25) is 0 Å². The number of nitrogens with zero attached hydrogens (tertiary/aromatic N) is 1. The summed E-state index contributed by atoms with van der Waals surface area (Å²) in [6, 6.07) is 17.8. The minimum atomic E-state index is -0.312. The van der Waals surface area contributed by atoms with Crippen LogP contribution in [-0.4, -0.2) is 4.98 Å². The molecule has 0 aliphatic heterocycles.